The van der Waals surface area contributed by atoms with Gasteiger partial charge in [-0.25, -0.2) is 4.90 Å². The van der Waals surface area contributed by atoms with Crippen LogP contribution in [-0.2, 0) is 20.8 Å². The van der Waals surface area contributed by atoms with Crippen LogP contribution in [0.25, 0.3) is 0 Å². The molecule has 4 unspecified atom stereocenters. The average Bonchev–Trinajstić information content (AvgIpc) is 3.40. The molecule has 3 aliphatic rings. The maximum atomic E-state index is 14.0. The number of carboxylic acid groups (broad SMARTS) is 1. The van der Waals surface area contributed by atoms with Gasteiger partial charge in [0, 0.05) is 17.5 Å². The SMILES string of the molecule is Cc1ccc(N2C(=O)C3C(c4ccc5c(c4)OCCO5)NC(Cc4ccccc4)(C(=O)O)C3C2=O)cc1Cl. The van der Waals surface area contributed by atoms with Gasteiger partial charge in [-0.15, -0.1) is 0 Å². The van der Waals surface area contributed by atoms with Crippen molar-refractivity contribution in [2.45, 2.75) is 24.9 Å². The second-order valence-corrected chi connectivity index (χ2v) is 10.3. The molecule has 2 amide bonds. The summed E-state index contributed by atoms with van der Waals surface area (Å²) in [4.78, 5) is 42.2. The first-order valence-electron chi connectivity index (χ1n) is 12.4. The van der Waals surface area contributed by atoms with Gasteiger partial charge in [-0.3, -0.25) is 19.7 Å². The van der Waals surface area contributed by atoms with E-state index in [1.165, 1.54) is 0 Å². The zero-order valence-corrected chi connectivity index (χ0v) is 21.3. The number of rotatable bonds is 5. The number of aliphatic carboxylic acids is 1. The van der Waals surface area contributed by atoms with Crippen LogP contribution >= 0.6 is 11.6 Å². The number of fused-ring (bicyclic) bond motifs is 2. The number of nitrogens with zero attached hydrogens (tertiary/aromatic N) is 1. The van der Waals surface area contributed by atoms with Crippen molar-refractivity contribution in [1.82, 2.24) is 5.32 Å². The molecule has 2 N–H and O–H groups in total. The highest BCUT2D eigenvalue weighted by molar-refractivity contribution is 6.32. The van der Waals surface area contributed by atoms with Gasteiger partial charge in [0.15, 0.2) is 11.5 Å². The number of benzene rings is 3. The number of nitrogens with one attached hydrogen (secondary N) is 1. The van der Waals surface area contributed by atoms with Crippen LogP contribution in [0.15, 0.2) is 66.7 Å². The van der Waals surface area contributed by atoms with Gasteiger partial charge < -0.3 is 14.6 Å². The topological polar surface area (TPSA) is 105 Å². The first kappa shape index (κ1) is 24.5. The standard InChI is InChI=1S/C29H25ClN2O6/c1-16-7-9-19(14-20(16)30)32-26(33)23-24(27(32)34)29(28(35)36,15-17-5-3-2-4-6-17)31-25(23)18-8-10-21-22(13-18)38-12-11-37-21/h2-10,13-14,23-25,31H,11-12,15H2,1H3,(H,35,36). The number of aryl methyl sites for hydroxylation is 1. The Bertz CT molecular complexity index is 1460. The number of amides is 2. The van der Waals surface area contributed by atoms with Crippen LogP contribution in [0.4, 0.5) is 5.69 Å². The van der Waals surface area contributed by atoms with Gasteiger partial charge in [-0.2, -0.15) is 0 Å². The zero-order chi connectivity index (χ0) is 26.6. The Hall–Kier alpha value is -3.88. The van der Waals surface area contributed by atoms with E-state index in [-0.39, 0.29) is 6.42 Å². The number of anilines is 1. The van der Waals surface area contributed by atoms with Crippen LogP contribution in [0.1, 0.15) is 22.7 Å². The van der Waals surface area contributed by atoms with E-state index in [4.69, 9.17) is 21.1 Å². The fourth-order valence-corrected chi connectivity index (χ4v) is 6.05. The molecule has 0 radical (unpaired) electrons. The minimum atomic E-state index is -1.72. The van der Waals surface area contributed by atoms with Crippen molar-refractivity contribution in [2.75, 3.05) is 18.1 Å². The molecule has 8 nitrogen and oxygen atoms in total. The third kappa shape index (κ3) is 3.75. The van der Waals surface area contributed by atoms with Crippen molar-refractivity contribution < 1.29 is 29.0 Å². The molecule has 0 spiro atoms. The molecule has 2 saturated heterocycles. The lowest BCUT2D eigenvalue weighted by Gasteiger charge is -2.31. The van der Waals surface area contributed by atoms with Crippen LogP contribution in [0.3, 0.4) is 0 Å². The quantitative estimate of drug-likeness (QED) is 0.480. The third-order valence-corrected chi connectivity index (χ3v) is 8.11. The van der Waals surface area contributed by atoms with E-state index in [0.29, 0.717) is 41.0 Å². The predicted octanol–water partition coefficient (Wildman–Crippen LogP) is 3.94. The minimum absolute atomic E-state index is 0.0207. The van der Waals surface area contributed by atoms with Crippen molar-refractivity contribution in [3.63, 3.8) is 0 Å². The van der Waals surface area contributed by atoms with Crippen LogP contribution in [0, 0.1) is 18.8 Å². The monoisotopic (exact) mass is 532 g/mol. The Morgan fingerprint density at radius 3 is 2.47 bits per heavy atom. The van der Waals surface area contributed by atoms with Gasteiger partial charge in [0.25, 0.3) is 0 Å². The summed E-state index contributed by atoms with van der Waals surface area (Å²) in [6.07, 6.45) is 0.0207. The van der Waals surface area contributed by atoms with Crippen LogP contribution in [0.5, 0.6) is 11.5 Å². The van der Waals surface area contributed by atoms with Gasteiger partial charge in [-0.05, 0) is 47.9 Å². The Balaban J connectivity index is 1.49. The number of hydrogen-bond acceptors (Lipinski definition) is 6. The number of halogens is 1. The molecule has 194 valence electrons. The predicted molar refractivity (Wildman–Crippen MR) is 139 cm³/mol. The number of hydrogen-bond donors (Lipinski definition) is 2. The van der Waals surface area contributed by atoms with E-state index in [1.807, 2.05) is 37.3 Å². The molecule has 4 atom stereocenters. The highest BCUT2D eigenvalue weighted by Gasteiger charge is 2.68. The largest absolute Gasteiger partial charge is 0.486 e. The van der Waals surface area contributed by atoms with Crippen molar-refractivity contribution in [3.05, 3.63) is 88.4 Å². The summed E-state index contributed by atoms with van der Waals surface area (Å²) in [5, 5.41) is 14.3. The summed E-state index contributed by atoms with van der Waals surface area (Å²) < 4.78 is 11.4. The molecular weight excluding hydrogens is 508 g/mol. The number of carbonyl (C=O) groups excluding carboxylic acids is 2. The average molecular weight is 533 g/mol. The second kappa shape index (κ2) is 9.15. The van der Waals surface area contributed by atoms with Gasteiger partial charge in [0.2, 0.25) is 11.8 Å². The van der Waals surface area contributed by atoms with Crippen molar-refractivity contribution in [2.24, 2.45) is 11.8 Å². The van der Waals surface area contributed by atoms with Gasteiger partial charge in [0.1, 0.15) is 18.8 Å². The van der Waals surface area contributed by atoms with Crippen LogP contribution in [0.2, 0.25) is 5.02 Å². The van der Waals surface area contributed by atoms with E-state index < -0.39 is 41.2 Å². The van der Waals surface area contributed by atoms with E-state index in [0.717, 1.165) is 16.0 Å². The molecule has 3 heterocycles. The van der Waals surface area contributed by atoms with Gasteiger partial charge in [0.05, 0.1) is 17.5 Å². The van der Waals surface area contributed by atoms with E-state index in [9.17, 15) is 19.5 Å². The Morgan fingerprint density at radius 2 is 1.76 bits per heavy atom. The van der Waals surface area contributed by atoms with Crippen molar-refractivity contribution in [3.8, 4) is 11.5 Å². The second-order valence-electron chi connectivity index (χ2n) is 9.91. The molecule has 0 bridgehead atoms. The van der Waals surface area contributed by atoms with E-state index >= 15 is 0 Å². The first-order chi connectivity index (χ1) is 18.3. The Kier molecular flexibility index (Phi) is 5.89. The van der Waals surface area contributed by atoms with Crippen molar-refractivity contribution in [1.29, 1.82) is 0 Å². The highest BCUT2D eigenvalue weighted by atomic mass is 35.5. The molecule has 2 fully saturated rings. The summed E-state index contributed by atoms with van der Waals surface area (Å²) >= 11 is 6.33. The number of imide groups is 1. The lowest BCUT2D eigenvalue weighted by atomic mass is 9.76. The zero-order valence-electron chi connectivity index (χ0n) is 20.5. The molecule has 3 aromatic carbocycles. The van der Waals surface area contributed by atoms with E-state index in [2.05, 4.69) is 5.32 Å². The summed E-state index contributed by atoms with van der Waals surface area (Å²) in [6, 6.07) is 18.6. The number of carboxylic acids is 1. The fourth-order valence-electron chi connectivity index (χ4n) is 5.87. The third-order valence-electron chi connectivity index (χ3n) is 7.70. The van der Waals surface area contributed by atoms with Crippen LogP contribution in [-0.4, -0.2) is 41.6 Å². The molecule has 38 heavy (non-hydrogen) atoms. The fraction of sp³-hybridized carbons (Fsp3) is 0.276. The molecule has 0 aliphatic carbocycles. The first-order valence-corrected chi connectivity index (χ1v) is 12.8. The maximum Gasteiger partial charge on any atom is 0.325 e. The normalized spacial score (nSPS) is 25.9. The highest BCUT2D eigenvalue weighted by Crippen LogP contribution is 2.52. The van der Waals surface area contributed by atoms with Gasteiger partial charge in [-0.1, -0.05) is 54.1 Å². The lowest BCUT2D eigenvalue weighted by molar-refractivity contribution is -0.148. The molecule has 0 aromatic heterocycles. The molecular formula is C29H25ClN2O6. The number of ether oxygens (including phenoxy) is 2. The van der Waals surface area contributed by atoms with Gasteiger partial charge >= 0.3 is 5.97 Å². The molecule has 3 aliphatic heterocycles. The minimum Gasteiger partial charge on any atom is -0.486 e. The molecule has 9 heteroatoms. The molecule has 6 rings (SSSR count). The Morgan fingerprint density at radius 1 is 1.03 bits per heavy atom. The molecule has 0 saturated carbocycles. The summed E-state index contributed by atoms with van der Waals surface area (Å²) in [5.41, 5.74) is 0.783. The smallest absolute Gasteiger partial charge is 0.325 e. The van der Waals surface area contributed by atoms with Crippen molar-refractivity contribution >= 4 is 35.1 Å². The Labute approximate surface area is 224 Å². The van der Waals surface area contributed by atoms with Crippen LogP contribution < -0.4 is 19.7 Å². The summed E-state index contributed by atoms with van der Waals surface area (Å²) in [7, 11) is 0. The number of carbonyl (C=O) groups is 3. The lowest BCUT2D eigenvalue weighted by Crippen LogP contribution is -2.57. The molecule has 3 aromatic rings. The summed E-state index contributed by atoms with van der Waals surface area (Å²) in [6.45, 7) is 2.64. The maximum absolute atomic E-state index is 14.0. The summed E-state index contributed by atoms with van der Waals surface area (Å²) in [5.74, 6) is -3.23. The van der Waals surface area contributed by atoms with E-state index in [1.54, 1.807) is 36.4 Å².